The molecule has 0 radical (unpaired) electrons. The summed E-state index contributed by atoms with van der Waals surface area (Å²) in [4.78, 5) is 8.22. The molecule has 94 valence electrons. The summed E-state index contributed by atoms with van der Waals surface area (Å²) < 4.78 is 0. The second-order valence-corrected chi connectivity index (χ2v) is 4.19. The summed E-state index contributed by atoms with van der Waals surface area (Å²) in [6.45, 7) is 4.10. The van der Waals surface area contributed by atoms with Crippen LogP contribution in [0.2, 0.25) is 0 Å². The van der Waals surface area contributed by atoms with Crippen molar-refractivity contribution >= 4 is 23.0 Å². The van der Waals surface area contributed by atoms with E-state index in [9.17, 15) is 0 Å². The van der Waals surface area contributed by atoms with Gasteiger partial charge in [0.15, 0.2) is 0 Å². The van der Waals surface area contributed by atoms with Crippen LogP contribution >= 0.6 is 0 Å². The number of hydrogen-bond donors (Lipinski definition) is 3. The third kappa shape index (κ3) is 2.51. The Hall–Kier alpha value is -2.30. The largest absolute Gasteiger partial charge is 0.397 e. The number of rotatable bonds is 3. The van der Waals surface area contributed by atoms with Gasteiger partial charge in [0.25, 0.3) is 0 Å². The number of nitrogen functional groups attached to an aromatic ring is 1. The predicted molar refractivity (Wildman–Crippen MR) is 75.2 cm³/mol. The molecule has 4 N–H and O–H groups in total. The summed E-state index contributed by atoms with van der Waals surface area (Å²) >= 11 is 0. The maximum atomic E-state index is 5.99. The van der Waals surface area contributed by atoms with Gasteiger partial charge in [-0.15, -0.1) is 0 Å². The Morgan fingerprint density at radius 1 is 1.00 bits per heavy atom. The number of nitrogens with two attached hydrogens (primary N) is 1. The highest BCUT2D eigenvalue weighted by atomic mass is 15.1. The van der Waals surface area contributed by atoms with Gasteiger partial charge in [-0.2, -0.15) is 0 Å². The Kier molecular flexibility index (Phi) is 3.32. The molecule has 0 unspecified atom stereocenters. The molecule has 1 aromatic carbocycles. The number of anilines is 4. The second kappa shape index (κ2) is 4.91. The fourth-order valence-electron chi connectivity index (χ4n) is 1.65. The van der Waals surface area contributed by atoms with Crippen molar-refractivity contribution in [2.45, 2.75) is 13.8 Å². The third-order valence-electron chi connectivity index (χ3n) is 2.85. The van der Waals surface area contributed by atoms with Gasteiger partial charge in [0.2, 0.25) is 0 Å². The molecule has 2 aromatic rings. The third-order valence-corrected chi connectivity index (χ3v) is 2.85. The van der Waals surface area contributed by atoms with Gasteiger partial charge in [-0.1, -0.05) is 0 Å². The minimum atomic E-state index is 0.711. The quantitative estimate of drug-likeness (QED) is 0.722. The Labute approximate surface area is 106 Å². The second-order valence-electron chi connectivity index (χ2n) is 4.19. The van der Waals surface area contributed by atoms with Gasteiger partial charge in [0.1, 0.15) is 18.0 Å². The van der Waals surface area contributed by atoms with Gasteiger partial charge >= 0.3 is 0 Å². The van der Waals surface area contributed by atoms with Crippen molar-refractivity contribution in [2.24, 2.45) is 0 Å². The highest BCUT2D eigenvalue weighted by molar-refractivity contribution is 5.73. The fourth-order valence-corrected chi connectivity index (χ4v) is 1.65. The van der Waals surface area contributed by atoms with E-state index in [1.165, 1.54) is 17.5 Å². The van der Waals surface area contributed by atoms with Gasteiger partial charge in [0.05, 0.1) is 11.4 Å². The van der Waals surface area contributed by atoms with Crippen LogP contribution in [0, 0.1) is 13.8 Å². The fraction of sp³-hybridized carbons (Fsp3) is 0.231. The monoisotopic (exact) mass is 243 g/mol. The van der Waals surface area contributed by atoms with Crippen molar-refractivity contribution < 1.29 is 0 Å². The predicted octanol–water partition coefficient (Wildman–Crippen LogP) is 2.46. The van der Waals surface area contributed by atoms with E-state index in [0.717, 1.165) is 11.5 Å². The van der Waals surface area contributed by atoms with Crippen LogP contribution in [0.3, 0.4) is 0 Å². The van der Waals surface area contributed by atoms with E-state index in [2.05, 4.69) is 27.5 Å². The molecule has 0 aliphatic carbocycles. The van der Waals surface area contributed by atoms with Crippen molar-refractivity contribution in [1.82, 2.24) is 9.97 Å². The topological polar surface area (TPSA) is 75.9 Å². The first-order chi connectivity index (χ1) is 8.60. The molecule has 1 aromatic heterocycles. The Balaban J connectivity index is 2.30. The van der Waals surface area contributed by atoms with E-state index < -0.39 is 0 Å². The van der Waals surface area contributed by atoms with Crippen molar-refractivity contribution in [3.63, 3.8) is 0 Å². The van der Waals surface area contributed by atoms with Crippen LogP contribution in [0.1, 0.15) is 11.1 Å². The van der Waals surface area contributed by atoms with Crippen molar-refractivity contribution in [1.29, 1.82) is 0 Å². The summed E-state index contributed by atoms with van der Waals surface area (Å²) in [5.74, 6) is 1.47. The van der Waals surface area contributed by atoms with Crippen LogP contribution in [0.15, 0.2) is 24.5 Å². The van der Waals surface area contributed by atoms with E-state index in [1.54, 1.807) is 0 Å². The standard InChI is InChI=1S/C13H17N5/c1-8-4-10(14)11(5-9(8)2)18-13-6-12(15-3)16-7-17-13/h4-7H,14H2,1-3H3,(H2,15,16,17,18). The van der Waals surface area contributed by atoms with E-state index in [1.807, 2.05) is 32.2 Å². The molecule has 2 rings (SSSR count). The maximum Gasteiger partial charge on any atom is 0.135 e. The van der Waals surface area contributed by atoms with E-state index in [0.29, 0.717) is 11.5 Å². The SMILES string of the molecule is CNc1cc(Nc2cc(C)c(C)cc2N)ncn1. The molecule has 18 heavy (non-hydrogen) atoms. The maximum absolute atomic E-state index is 5.99. The van der Waals surface area contributed by atoms with Crippen LogP contribution in [0.4, 0.5) is 23.0 Å². The first-order valence-corrected chi connectivity index (χ1v) is 5.73. The first-order valence-electron chi connectivity index (χ1n) is 5.73. The van der Waals surface area contributed by atoms with Crippen LogP contribution in [-0.2, 0) is 0 Å². The van der Waals surface area contributed by atoms with Gasteiger partial charge in [-0.3, -0.25) is 0 Å². The summed E-state index contributed by atoms with van der Waals surface area (Å²) in [7, 11) is 1.82. The van der Waals surface area contributed by atoms with Crippen LogP contribution in [0.5, 0.6) is 0 Å². The van der Waals surface area contributed by atoms with E-state index in [4.69, 9.17) is 5.73 Å². The zero-order chi connectivity index (χ0) is 13.1. The summed E-state index contributed by atoms with van der Waals surface area (Å²) in [5, 5.41) is 6.16. The molecule has 0 spiro atoms. The lowest BCUT2D eigenvalue weighted by Gasteiger charge is -2.11. The average molecular weight is 243 g/mol. The first kappa shape index (κ1) is 12.2. The highest BCUT2D eigenvalue weighted by Crippen LogP contribution is 2.26. The molecule has 1 heterocycles. The molecule has 5 heteroatoms. The summed E-state index contributed by atoms with van der Waals surface area (Å²) in [6.07, 6.45) is 1.51. The number of benzene rings is 1. The lowest BCUT2D eigenvalue weighted by molar-refractivity contribution is 1.16. The number of nitrogens with zero attached hydrogens (tertiary/aromatic N) is 2. The van der Waals surface area contributed by atoms with Gasteiger partial charge < -0.3 is 16.4 Å². The lowest BCUT2D eigenvalue weighted by atomic mass is 10.1. The molecule has 0 fully saturated rings. The molecule has 0 aliphatic heterocycles. The minimum absolute atomic E-state index is 0.711. The number of nitrogens with one attached hydrogen (secondary N) is 2. The van der Waals surface area contributed by atoms with Crippen molar-refractivity contribution in [2.75, 3.05) is 23.4 Å². The van der Waals surface area contributed by atoms with Gasteiger partial charge in [0, 0.05) is 13.1 Å². The number of aryl methyl sites for hydroxylation is 2. The van der Waals surface area contributed by atoms with Gasteiger partial charge in [-0.05, 0) is 37.1 Å². The number of hydrogen-bond acceptors (Lipinski definition) is 5. The molecular formula is C13H17N5. The van der Waals surface area contributed by atoms with Crippen molar-refractivity contribution in [3.05, 3.63) is 35.7 Å². The molecule has 0 aliphatic rings. The molecule has 0 amide bonds. The Morgan fingerprint density at radius 3 is 2.39 bits per heavy atom. The van der Waals surface area contributed by atoms with E-state index in [-0.39, 0.29) is 0 Å². The Bertz CT molecular complexity index is 565. The molecule has 5 nitrogen and oxygen atoms in total. The summed E-state index contributed by atoms with van der Waals surface area (Å²) in [5.41, 5.74) is 9.92. The highest BCUT2D eigenvalue weighted by Gasteiger charge is 2.04. The smallest absolute Gasteiger partial charge is 0.135 e. The molecule has 0 atom stereocenters. The molecule has 0 saturated heterocycles. The average Bonchev–Trinajstić information content (AvgIpc) is 2.36. The zero-order valence-corrected chi connectivity index (χ0v) is 10.8. The van der Waals surface area contributed by atoms with Crippen LogP contribution in [0.25, 0.3) is 0 Å². The molecular weight excluding hydrogens is 226 g/mol. The summed E-state index contributed by atoms with van der Waals surface area (Å²) in [6, 6.07) is 5.80. The Morgan fingerprint density at radius 2 is 1.67 bits per heavy atom. The van der Waals surface area contributed by atoms with Crippen LogP contribution < -0.4 is 16.4 Å². The van der Waals surface area contributed by atoms with Crippen molar-refractivity contribution in [3.8, 4) is 0 Å². The van der Waals surface area contributed by atoms with Crippen LogP contribution in [-0.4, -0.2) is 17.0 Å². The molecule has 0 saturated carbocycles. The number of aromatic nitrogens is 2. The normalized spacial score (nSPS) is 10.2. The lowest BCUT2D eigenvalue weighted by Crippen LogP contribution is -2.01. The molecule has 0 bridgehead atoms. The minimum Gasteiger partial charge on any atom is -0.397 e. The van der Waals surface area contributed by atoms with Gasteiger partial charge in [-0.25, -0.2) is 9.97 Å². The van der Waals surface area contributed by atoms with E-state index >= 15 is 0 Å². The zero-order valence-electron chi connectivity index (χ0n) is 10.8.